The van der Waals surface area contributed by atoms with E-state index in [4.69, 9.17) is 4.74 Å². The molecular weight excluding hydrogens is 400 g/mol. The van der Waals surface area contributed by atoms with E-state index in [2.05, 4.69) is 26.1 Å². The maximum Gasteiger partial charge on any atom is 0.261 e. The Bertz CT molecular complexity index is 857. The molecule has 0 aliphatic heterocycles. The van der Waals surface area contributed by atoms with E-state index in [0.29, 0.717) is 18.7 Å². The van der Waals surface area contributed by atoms with Gasteiger partial charge in [0, 0.05) is 12.6 Å². The quantitative estimate of drug-likeness (QED) is 0.562. The molecule has 2 unspecified atom stereocenters. The summed E-state index contributed by atoms with van der Waals surface area (Å²) in [7, 11) is 0. The molecule has 0 fully saturated rings. The minimum atomic E-state index is -0.552. The second kappa shape index (κ2) is 11.7. The Balaban J connectivity index is 2.16. The average Bonchev–Trinajstić information content (AvgIpc) is 2.77. The van der Waals surface area contributed by atoms with Gasteiger partial charge in [-0.3, -0.25) is 9.59 Å². The number of nitrogens with zero attached hydrogens (tertiary/aromatic N) is 1. The predicted octanol–water partition coefficient (Wildman–Crippen LogP) is 5.09. The molecule has 0 aliphatic carbocycles. The Morgan fingerprint density at radius 3 is 2.12 bits per heavy atom. The molecule has 174 valence electrons. The van der Waals surface area contributed by atoms with Crippen molar-refractivity contribution in [2.45, 2.75) is 78.4 Å². The zero-order valence-corrected chi connectivity index (χ0v) is 20.4. The zero-order valence-electron chi connectivity index (χ0n) is 20.4. The van der Waals surface area contributed by atoms with Crippen molar-refractivity contribution in [3.05, 3.63) is 65.7 Å². The molecule has 2 aromatic rings. The monoisotopic (exact) mass is 438 g/mol. The smallest absolute Gasteiger partial charge is 0.261 e. The van der Waals surface area contributed by atoms with Gasteiger partial charge in [-0.2, -0.15) is 0 Å². The minimum absolute atomic E-state index is 0.0537. The first kappa shape index (κ1) is 25.4. The van der Waals surface area contributed by atoms with E-state index >= 15 is 0 Å². The summed E-state index contributed by atoms with van der Waals surface area (Å²) in [6.07, 6.45) is 1.36. The van der Waals surface area contributed by atoms with Gasteiger partial charge in [0.1, 0.15) is 11.8 Å². The van der Waals surface area contributed by atoms with Gasteiger partial charge in [-0.05, 0) is 48.4 Å². The first-order valence-corrected chi connectivity index (χ1v) is 11.5. The third-order valence-corrected chi connectivity index (χ3v) is 5.67. The molecule has 0 saturated heterocycles. The molecule has 2 aromatic carbocycles. The van der Waals surface area contributed by atoms with Crippen LogP contribution < -0.4 is 10.1 Å². The van der Waals surface area contributed by atoms with Crippen LogP contribution in [0, 0.1) is 0 Å². The van der Waals surface area contributed by atoms with Crippen molar-refractivity contribution < 1.29 is 14.3 Å². The van der Waals surface area contributed by atoms with E-state index in [1.807, 2.05) is 75.4 Å². The maximum atomic E-state index is 13.2. The van der Waals surface area contributed by atoms with E-state index in [0.717, 1.165) is 12.0 Å². The Labute approximate surface area is 193 Å². The molecule has 1 N–H and O–H groups in total. The number of carbonyl (C=O) groups is 2. The van der Waals surface area contributed by atoms with Crippen molar-refractivity contribution in [1.82, 2.24) is 10.2 Å². The number of hydrogen-bond donors (Lipinski definition) is 1. The second-order valence-corrected chi connectivity index (χ2v) is 9.31. The van der Waals surface area contributed by atoms with Crippen LogP contribution in [-0.2, 0) is 21.5 Å². The van der Waals surface area contributed by atoms with Gasteiger partial charge in [0.2, 0.25) is 5.91 Å². The van der Waals surface area contributed by atoms with Crippen LogP contribution in [0.5, 0.6) is 5.75 Å². The first-order valence-electron chi connectivity index (χ1n) is 11.5. The summed E-state index contributed by atoms with van der Waals surface area (Å²) in [5.74, 6) is 0.309. The molecule has 2 rings (SSSR count). The highest BCUT2D eigenvalue weighted by atomic mass is 16.5. The highest BCUT2D eigenvalue weighted by Gasteiger charge is 2.29. The molecule has 5 nitrogen and oxygen atoms in total. The normalized spacial score (nSPS) is 13.2. The maximum absolute atomic E-state index is 13.2. The summed E-state index contributed by atoms with van der Waals surface area (Å²) in [6, 6.07) is 17.1. The lowest BCUT2D eigenvalue weighted by molar-refractivity contribution is -0.143. The lowest BCUT2D eigenvalue weighted by Gasteiger charge is -2.31. The zero-order chi connectivity index (χ0) is 23.7. The fourth-order valence-electron chi connectivity index (χ4n) is 3.42. The number of carbonyl (C=O) groups excluding carboxylic acids is 2. The molecule has 0 bridgehead atoms. The molecule has 0 aromatic heterocycles. The third kappa shape index (κ3) is 7.40. The Hall–Kier alpha value is -2.82. The molecule has 0 spiro atoms. The highest BCUT2D eigenvalue weighted by Crippen LogP contribution is 2.24. The summed E-state index contributed by atoms with van der Waals surface area (Å²) in [6.45, 7) is 12.6. The molecule has 2 amide bonds. The number of benzene rings is 2. The lowest BCUT2D eigenvalue weighted by atomic mass is 9.87. The Morgan fingerprint density at radius 1 is 0.969 bits per heavy atom. The van der Waals surface area contributed by atoms with Gasteiger partial charge in [0.25, 0.3) is 5.91 Å². The van der Waals surface area contributed by atoms with Crippen molar-refractivity contribution in [2.75, 3.05) is 6.61 Å². The summed E-state index contributed by atoms with van der Waals surface area (Å²) >= 11 is 0. The molecule has 0 aliphatic rings. The van der Waals surface area contributed by atoms with Gasteiger partial charge in [-0.1, -0.05) is 77.1 Å². The van der Waals surface area contributed by atoms with Crippen molar-refractivity contribution in [3.63, 3.8) is 0 Å². The fraction of sp³-hybridized carbons (Fsp3) is 0.481. The third-order valence-electron chi connectivity index (χ3n) is 5.67. The van der Waals surface area contributed by atoms with Gasteiger partial charge in [-0.25, -0.2) is 0 Å². The van der Waals surface area contributed by atoms with Gasteiger partial charge in [0.05, 0.1) is 0 Å². The van der Waals surface area contributed by atoms with Gasteiger partial charge in [-0.15, -0.1) is 0 Å². The van der Waals surface area contributed by atoms with Crippen LogP contribution in [0.15, 0.2) is 54.6 Å². The molecule has 32 heavy (non-hydrogen) atoms. The molecule has 0 heterocycles. The average molecular weight is 439 g/mol. The van der Waals surface area contributed by atoms with Gasteiger partial charge < -0.3 is 15.0 Å². The van der Waals surface area contributed by atoms with Gasteiger partial charge in [0.15, 0.2) is 6.61 Å². The van der Waals surface area contributed by atoms with E-state index < -0.39 is 6.04 Å². The second-order valence-electron chi connectivity index (χ2n) is 9.31. The largest absolute Gasteiger partial charge is 0.484 e. The Morgan fingerprint density at radius 2 is 1.59 bits per heavy atom. The first-order chi connectivity index (χ1) is 15.2. The number of nitrogens with one attached hydrogen (secondary N) is 1. The van der Waals surface area contributed by atoms with Crippen molar-refractivity contribution in [3.8, 4) is 5.75 Å². The molecule has 2 atom stereocenters. The standard InChI is InChI=1S/C27H38N2O3/c1-7-20(3)28-26(31)24(8-2)29(18-21-12-10-9-11-13-21)25(30)19-32-23-16-14-22(15-17-23)27(4,5)6/h9-17,20,24H,7-8,18-19H2,1-6H3,(H,28,31). The van der Waals surface area contributed by atoms with Crippen molar-refractivity contribution in [1.29, 1.82) is 0 Å². The number of ether oxygens (including phenoxy) is 1. The van der Waals surface area contributed by atoms with Crippen LogP contribution in [0.4, 0.5) is 0 Å². The van der Waals surface area contributed by atoms with E-state index in [1.165, 1.54) is 5.56 Å². The molecule has 0 radical (unpaired) electrons. The molecule has 0 saturated carbocycles. The minimum Gasteiger partial charge on any atom is -0.484 e. The van der Waals surface area contributed by atoms with E-state index in [9.17, 15) is 9.59 Å². The van der Waals surface area contributed by atoms with Crippen LogP contribution in [-0.4, -0.2) is 35.4 Å². The van der Waals surface area contributed by atoms with E-state index in [1.54, 1.807) is 4.90 Å². The topological polar surface area (TPSA) is 58.6 Å². The van der Waals surface area contributed by atoms with Crippen LogP contribution in [0.3, 0.4) is 0 Å². The summed E-state index contributed by atoms with van der Waals surface area (Å²) in [4.78, 5) is 27.8. The molecular formula is C27H38N2O3. The van der Waals surface area contributed by atoms with Crippen LogP contribution in [0.25, 0.3) is 0 Å². The summed E-state index contributed by atoms with van der Waals surface area (Å²) < 4.78 is 5.81. The Kier molecular flexibility index (Phi) is 9.30. The van der Waals surface area contributed by atoms with E-state index in [-0.39, 0.29) is 29.9 Å². The summed E-state index contributed by atoms with van der Waals surface area (Å²) in [5, 5.41) is 3.02. The lowest BCUT2D eigenvalue weighted by Crippen LogP contribution is -2.51. The highest BCUT2D eigenvalue weighted by molar-refractivity contribution is 5.88. The molecule has 5 heteroatoms. The number of rotatable bonds is 10. The van der Waals surface area contributed by atoms with Crippen LogP contribution >= 0.6 is 0 Å². The fourth-order valence-corrected chi connectivity index (χ4v) is 3.42. The summed E-state index contributed by atoms with van der Waals surface area (Å²) in [5.41, 5.74) is 2.23. The number of amides is 2. The van der Waals surface area contributed by atoms with Crippen LogP contribution in [0.1, 0.15) is 65.5 Å². The SMILES string of the molecule is CCC(C)NC(=O)C(CC)N(Cc1ccccc1)C(=O)COc1ccc(C(C)(C)C)cc1. The predicted molar refractivity (Wildman–Crippen MR) is 130 cm³/mol. The van der Waals surface area contributed by atoms with Crippen molar-refractivity contribution in [2.24, 2.45) is 0 Å². The number of hydrogen-bond acceptors (Lipinski definition) is 3. The van der Waals surface area contributed by atoms with Crippen molar-refractivity contribution >= 4 is 11.8 Å². The van der Waals surface area contributed by atoms with Crippen LogP contribution in [0.2, 0.25) is 0 Å². The van der Waals surface area contributed by atoms with Gasteiger partial charge >= 0.3 is 0 Å².